The van der Waals surface area contributed by atoms with Gasteiger partial charge in [-0.15, -0.1) is 0 Å². The van der Waals surface area contributed by atoms with E-state index in [2.05, 4.69) is 37.2 Å². The van der Waals surface area contributed by atoms with Crippen molar-refractivity contribution in [3.63, 3.8) is 0 Å². The van der Waals surface area contributed by atoms with E-state index in [1.165, 1.54) is 72.8 Å². The van der Waals surface area contributed by atoms with Crippen LogP contribution in [-0.2, 0) is 39.3 Å². The first-order chi connectivity index (χ1) is 43.0. The van der Waals surface area contributed by atoms with Crippen molar-refractivity contribution in [3.05, 3.63) is 337 Å². The largest absolute Gasteiger partial charge is 0.356 e. The minimum atomic E-state index is -3.92. The number of nitrogens with one attached hydrogen (secondary N) is 1. The average molecular weight is 1380 g/mol. The highest BCUT2D eigenvalue weighted by Gasteiger charge is 2.25. The molecule has 12 aromatic rings. The topological polar surface area (TPSA) is 155 Å². The maximum atomic E-state index is 13.7. The minimum Gasteiger partial charge on any atom is -0.356 e. The first-order valence-electron chi connectivity index (χ1n) is 27.6. The van der Waals surface area contributed by atoms with Crippen LogP contribution in [0.5, 0.6) is 0 Å². The molecule has 1 N–H and O–H groups in total. The molecule has 0 heterocycles. The smallest absolute Gasteiger partial charge is 0.206 e. The van der Waals surface area contributed by atoms with E-state index in [4.69, 9.17) is 0 Å². The average Bonchev–Trinajstić information content (AvgIpc) is 1.42. The molecule has 0 bridgehead atoms. The third kappa shape index (κ3) is 15.2. The second-order valence-corrected chi connectivity index (χ2v) is 29.4. The SMILES string of the molecule is O=S(=O)(c1ccc(Br)cc1)c1ccc(S(=O)(=O)c2ccc(Br)cc2)cc1.O=S(=O)(c1ccc(N(c2ccccc2)c2ccccc2)cc1)c1ccc(S(=O)(=O)c2ccc(N(c3ccccc3)c3ccccc3)cc2)cc1.c1ccc(Nc2ccccc2)cc1. The lowest BCUT2D eigenvalue weighted by Crippen LogP contribution is -2.10. The lowest BCUT2D eigenvalue weighted by atomic mass is 10.2. The summed E-state index contributed by atoms with van der Waals surface area (Å²) < 4.78 is 107. The van der Waals surface area contributed by atoms with E-state index in [1.54, 1.807) is 72.8 Å². The Kier molecular flexibility index (Phi) is 20.0. The standard InChI is InChI=1S/C42H32N2O4S2.C18H12Br2O4S2.C12H11N/c45-49(46,39-25-21-37(22-26-39)43(33-13-5-1-6-14-33)34-15-7-2-8-16-34)41-29-31-42(32-30-41)50(47,48)40-27-23-38(24-28-40)44(35-17-9-3-10-18-35)36-19-11-4-12-20-36;19-13-1-5-15(6-2-13)25(21,22)17-9-11-18(12-10-17)26(23,24)16-7-3-14(20)4-8-16;1-3-7-11(8-4-1)13-12-9-5-2-6-10-12/h1-32H;1-12H;1-10,13H. The number of halogens is 2. The Bertz CT molecular complexity index is 4360. The van der Waals surface area contributed by atoms with Crippen LogP contribution >= 0.6 is 31.9 Å². The highest BCUT2D eigenvalue weighted by Crippen LogP contribution is 2.38. The van der Waals surface area contributed by atoms with E-state index >= 15 is 0 Å². The Morgan fingerprint density at radius 1 is 0.202 bits per heavy atom. The first-order valence-corrected chi connectivity index (χ1v) is 35.1. The second kappa shape index (κ2) is 28.3. The van der Waals surface area contributed by atoms with Crippen LogP contribution in [0.4, 0.5) is 45.5 Å². The molecule has 444 valence electrons. The van der Waals surface area contributed by atoms with Crippen LogP contribution in [-0.4, -0.2) is 33.7 Å². The molecule has 11 nitrogen and oxygen atoms in total. The zero-order valence-electron chi connectivity index (χ0n) is 47.2. The van der Waals surface area contributed by atoms with Gasteiger partial charge in [-0.25, -0.2) is 33.7 Å². The van der Waals surface area contributed by atoms with Crippen molar-refractivity contribution in [2.24, 2.45) is 0 Å². The highest BCUT2D eigenvalue weighted by molar-refractivity contribution is 9.10. The van der Waals surface area contributed by atoms with Gasteiger partial charge in [0.2, 0.25) is 39.3 Å². The van der Waals surface area contributed by atoms with Crippen LogP contribution < -0.4 is 15.1 Å². The summed E-state index contributed by atoms with van der Waals surface area (Å²) in [5, 5.41) is 3.30. The lowest BCUT2D eigenvalue weighted by Gasteiger charge is -2.25. The third-order valence-corrected chi connectivity index (χ3v) is 22.0. The van der Waals surface area contributed by atoms with E-state index in [0.29, 0.717) is 0 Å². The molecule has 0 aromatic heterocycles. The Labute approximate surface area is 536 Å². The van der Waals surface area contributed by atoms with Gasteiger partial charge in [0.15, 0.2) is 0 Å². The molecule has 0 amide bonds. The molecule has 0 aliphatic rings. The summed E-state index contributed by atoms with van der Waals surface area (Å²) in [6.07, 6.45) is 0. The summed E-state index contributed by atoms with van der Waals surface area (Å²) in [4.78, 5) is 4.67. The van der Waals surface area contributed by atoms with Crippen LogP contribution in [0.3, 0.4) is 0 Å². The fraction of sp³-hybridized carbons (Fsp3) is 0. The quantitative estimate of drug-likeness (QED) is 0.0983. The van der Waals surface area contributed by atoms with E-state index < -0.39 is 39.3 Å². The predicted molar refractivity (Wildman–Crippen MR) is 361 cm³/mol. The van der Waals surface area contributed by atoms with E-state index in [9.17, 15) is 33.7 Å². The lowest BCUT2D eigenvalue weighted by molar-refractivity contribution is 0.592. The molecular weight excluding hydrogens is 1320 g/mol. The van der Waals surface area contributed by atoms with Crippen molar-refractivity contribution in [2.45, 2.75) is 39.2 Å². The fourth-order valence-corrected chi connectivity index (χ4v) is 14.9. The molecule has 0 unspecified atom stereocenters. The molecule has 12 rings (SSSR count). The van der Waals surface area contributed by atoms with Crippen molar-refractivity contribution in [1.29, 1.82) is 0 Å². The number of rotatable bonds is 16. The summed E-state index contributed by atoms with van der Waals surface area (Å²) in [5.74, 6) is 0. The van der Waals surface area contributed by atoms with Gasteiger partial charge < -0.3 is 15.1 Å². The molecule has 0 saturated heterocycles. The normalized spacial score (nSPS) is 11.4. The van der Waals surface area contributed by atoms with Gasteiger partial charge in [0.25, 0.3) is 0 Å². The van der Waals surface area contributed by atoms with Gasteiger partial charge >= 0.3 is 0 Å². The van der Waals surface area contributed by atoms with Crippen molar-refractivity contribution < 1.29 is 33.7 Å². The van der Waals surface area contributed by atoms with Gasteiger partial charge in [-0.05, 0) is 218 Å². The number of hydrogen-bond acceptors (Lipinski definition) is 11. The highest BCUT2D eigenvalue weighted by atomic mass is 79.9. The minimum absolute atomic E-state index is 0.00360. The van der Waals surface area contributed by atoms with E-state index in [0.717, 1.165) is 54.4 Å². The molecule has 0 fully saturated rings. The maximum absolute atomic E-state index is 13.7. The van der Waals surface area contributed by atoms with Crippen LogP contribution in [0.15, 0.2) is 376 Å². The summed E-state index contributed by atoms with van der Waals surface area (Å²) in [6, 6.07) is 96.1. The molecular formula is C72H55Br2N3O8S4. The Hall–Kier alpha value is -9.20. The first kappa shape index (κ1) is 62.8. The van der Waals surface area contributed by atoms with Crippen molar-refractivity contribution in [3.8, 4) is 0 Å². The number of anilines is 8. The Balaban J connectivity index is 0.000000184. The number of hydrogen-bond donors (Lipinski definition) is 1. The Morgan fingerprint density at radius 3 is 0.562 bits per heavy atom. The molecule has 17 heteroatoms. The molecule has 0 aliphatic heterocycles. The van der Waals surface area contributed by atoms with Gasteiger partial charge in [0, 0.05) is 54.4 Å². The van der Waals surface area contributed by atoms with Gasteiger partial charge in [-0.3, -0.25) is 0 Å². The van der Waals surface area contributed by atoms with Crippen LogP contribution in [0.2, 0.25) is 0 Å². The molecule has 0 atom stereocenters. The third-order valence-electron chi connectivity index (χ3n) is 13.8. The summed E-state index contributed by atoms with van der Waals surface area (Å²) >= 11 is 6.52. The number of nitrogens with zero attached hydrogens (tertiary/aromatic N) is 2. The van der Waals surface area contributed by atoms with Gasteiger partial charge in [0.05, 0.1) is 39.2 Å². The van der Waals surface area contributed by atoms with Crippen LogP contribution in [0, 0.1) is 0 Å². The van der Waals surface area contributed by atoms with Gasteiger partial charge in [-0.1, -0.05) is 141 Å². The molecule has 89 heavy (non-hydrogen) atoms. The Morgan fingerprint density at radius 2 is 0.360 bits per heavy atom. The predicted octanol–water partition coefficient (Wildman–Crippen LogP) is 18.6. The number of sulfone groups is 4. The number of para-hydroxylation sites is 6. The molecule has 0 aliphatic carbocycles. The van der Waals surface area contributed by atoms with Crippen LogP contribution in [0.1, 0.15) is 0 Å². The van der Waals surface area contributed by atoms with Crippen molar-refractivity contribution in [1.82, 2.24) is 0 Å². The van der Waals surface area contributed by atoms with E-state index in [-0.39, 0.29) is 39.2 Å². The molecule has 12 aromatic carbocycles. The monoisotopic (exact) mass is 1380 g/mol. The van der Waals surface area contributed by atoms with Crippen molar-refractivity contribution in [2.75, 3.05) is 15.1 Å². The summed E-state index contributed by atoms with van der Waals surface area (Å²) in [6.45, 7) is 0. The zero-order chi connectivity index (χ0) is 62.4. The molecule has 0 saturated carbocycles. The molecule has 0 spiro atoms. The van der Waals surface area contributed by atoms with Crippen LogP contribution in [0.25, 0.3) is 0 Å². The van der Waals surface area contributed by atoms with E-state index in [1.807, 2.05) is 192 Å². The number of benzene rings is 12. The zero-order valence-corrected chi connectivity index (χ0v) is 53.7. The maximum Gasteiger partial charge on any atom is 0.206 e. The van der Waals surface area contributed by atoms with Gasteiger partial charge in [0.1, 0.15) is 0 Å². The second-order valence-electron chi connectivity index (χ2n) is 19.7. The summed E-state index contributed by atoms with van der Waals surface area (Å²) in [5.41, 5.74) is 7.57. The van der Waals surface area contributed by atoms with Crippen molar-refractivity contribution >= 4 is 117 Å². The summed E-state index contributed by atoms with van der Waals surface area (Å²) in [7, 11) is -15.3. The fourth-order valence-electron chi connectivity index (χ4n) is 9.33. The van der Waals surface area contributed by atoms with Gasteiger partial charge in [-0.2, -0.15) is 0 Å². The molecule has 0 radical (unpaired) electrons.